The maximum absolute atomic E-state index is 12.9. The van der Waals surface area contributed by atoms with Crippen molar-refractivity contribution in [3.05, 3.63) is 65.7 Å². The first-order valence-electron chi connectivity index (χ1n) is 9.45. The second-order valence-corrected chi connectivity index (χ2v) is 9.10. The molecule has 3 heterocycles. The highest BCUT2D eigenvalue weighted by atomic mass is 32.2. The van der Waals surface area contributed by atoms with Gasteiger partial charge in [-0.15, -0.1) is 0 Å². The Morgan fingerprint density at radius 3 is 2.50 bits per heavy atom. The van der Waals surface area contributed by atoms with Crippen LogP contribution in [0.15, 0.2) is 53.8 Å². The summed E-state index contributed by atoms with van der Waals surface area (Å²) >= 11 is 0. The largest absolute Gasteiger partial charge is 0.408 e. The van der Waals surface area contributed by atoms with E-state index < -0.39 is 33.6 Å². The van der Waals surface area contributed by atoms with Crippen molar-refractivity contribution >= 4 is 15.9 Å². The van der Waals surface area contributed by atoms with Gasteiger partial charge in [0.1, 0.15) is 11.4 Å². The first-order valence-corrected chi connectivity index (χ1v) is 10.9. The molecule has 1 aromatic carbocycles. The number of amides is 1. The van der Waals surface area contributed by atoms with Gasteiger partial charge in [0.2, 0.25) is 5.91 Å². The number of carbonyl (C=O) groups excluding carboxylic acids is 1. The molecule has 1 N–H and O–H groups in total. The van der Waals surface area contributed by atoms with Gasteiger partial charge in [0.05, 0.1) is 31.0 Å². The van der Waals surface area contributed by atoms with E-state index in [0.29, 0.717) is 25.6 Å². The van der Waals surface area contributed by atoms with Gasteiger partial charge in [0, 0.05) is 24.5 Å². The van der Waals surface area contributed by atoms with Gasteiger partial charge in [0.15, 0.2) is 0 Å². The van der Waals surface area contributed by atoms with E-state index in [4.69, 9.17) is 0 Å². The van der Waals surface area contributed by atoms with E-state index in [1.807, 2.05) is 0 Å². The molecule has 0 bridgehead atoms. The van der Waals surface area contributed by atoms with Crippen LogP contribution in [0.2, 0.25) is 0 Å². The van der Waals surface area contributed by atoms with Crippen LogP contribution in [0.5, 0.6) is 0 Å². The summed E-state index contributed by atoms with van der Waals surface area (Å²) in [6.45, 7) is -1.65. The average molecular weight is 469 g/mol. The molecule has 0 unspecified atom stereocenters. The minimum atomic E-state index is -4.54. The summed E-state index contributed by atoms with van der Waals surface area (Å²) in [5.74, 6) is -1.07. The number of halogens is 3. The fourth-order valence-electron chi connectivity index (χ4n) is 3.49. The van der Waals surface area contributed by atoms with Gasteiger partial charge in [-0.1, -0.05) is 30.3 Å². The fourth-order valence-corrected chi connectivity index (χ4v) is 4.62. The maximum Gasteiger partial charge on any atom is 0.408 e. The van der Waals surface area contributed by atoms with Gasteiger partial charge in [-0.2, -0.15) is 35.9 Å². The predicted molar refractivity (Wildman–Crippen MR) is 104 cm³/mol. The number of fused-ring (bicyclic) bond motifs is 1. The zero-order chi connectivity index (χ0) is 23.1. The SMILES string of the molecule is O=C([C@H](CO)c1ccccc1)N1Cc2cn(S(=O)(=O)c3cnn(CC(F)(F)F)c3)nc2C1. The molecule has 1 aliphatic rings. The Kier molecular flexibility index (Phi) is 5.54. The highest BCUT2D eigenvalue weighted by Crippen LogP contribution is 2.28. The molecule has 32 heavy (non-hydrogen) atoms. The third-order valence-corrected chi connectivity index (χ3v) is 6.53. The number of aliphatic hydroxyl groups is 1. The summed E-state index contributed by atoms with van der Waals surface area (Å²) in [5, 5.41) is 17.2. The molecular weight excluding hydrogens is 451 g/mol. The average Bonchev–Trinajstić information content (AvgIpc) is 3.43. The molecule has 170 valence electrons. The van der Waals surface area contributed by atoms with E-state index in [-0.39, 0.29) is 25.6 Å². The number of aromatic nitrogens is 4. The van der Waals surface area contributed by atoms with Crippen molar-refractivity contribution in [2.45, 2.75) is 36.6 Å². The number of alkyl halides is 3. The second kappa shape index (κ2) is 8.06. The zero-order valence-corrected chi connectivity index (χ0v) is 17.3. The maximum atomic E-state index is 12.9. The van der Waals surface area contributed by atoms with Crippen molar-refractivity contribution in [1.29, 1.82) is 0 Å². The van der Waals surface area contributed by atoms with Crippen LogP contribution < -0.4 is 0 Å². The summed E-state index contributed by atoms with van der Waals surface area (Å²) < 4.78 is 64.1. The molecule has 0 radical (unpaired) electrons. The second-order valence-electron chi connectivity index (χ2n) is 7.31. The Morgan fingerprint density at radius 1 is 1.16 bits per heavy atom. The van der Waals surface area contributed by atoms with Crippen LogP contribution in [0.4, 0.5) is 13.2 Å². The van der Waals surface area contributed by atoms with Crippen LogP contribution in [-0.4, -0.2) is 56.1 Å². The van der Waals surface area contributed by atoms with Gasteiger partial charge in [-0.3, -0.25) is 9.48 Å². The molecule has 0 spiro atoms. The number of hydrogen-bond acceptors (Lipinski definition) is 6. The minimum Gasteiger partial charge on any atom is -0.395 e. The van der Waals surface area contributed by atoms with Crippen molar-refractivity contribution in [2.24, 2.45) is 0 Å². The minimum absolute atomic E-state index is 0.0490. The smallest absolute Gasteiger partial charge is 0.395 e. The molecule has 4 rings (SSSR count). The van der Waals surface area contributed by atoms with Crippen molar-refractivity contribution in [1.82, 2.24) is 23.9 Å². The number of nitrogens with zero attached hydrogens (tertiary/aromatic N) is 5. The lowest BCUT2D eigenvalue weighted by molar-refractivity contribution is -0.142. The Balaban J connectivity index is 1.50. The summed E-state index contributed by atoms with van der Waals surface area (Å²) in [6.07, 6.45) is -1.69. The van der Waals surface area contributed by atoms with Gasteiger partial charge < -0.3 is 10.0 Å². The molecular formula is C19H18F3N5O4S. The third-order valence-electron chi connectivity index (χ3n) is 5.05. The molecule has 1 aliphatic heterocycles. The number of carbonyl (C=O) groups is 1. The zero-order valence-electron chi connectivity index (χ0n) is 16.5. The van der Waals surface area contributed by atoms with Crippen LogP contribution in [0.3, 0.4) is 0 Å². The van der Waals surface area contributed by atoms with E-state index in [1.165, 1.54) is 11.1 Å². The molecule has 0 aliphatic carbocycles. The van der Waals surface area contributed by atoms with E-state index >= 15 is 0 Å². The quantitative estimate of drug-likeness (QED) is 0.586. The van der Waals surface area contributed by atoms with Gasteiger partial charge >= 0.3 is 6.18 Å². The van der Waals surface area contributed by atoms with Crippen molar-refractivity contribution in [3.8, 4) is 0 Å². The topological polar surface area (TPSA) is 110 Å². The fraction of sp³-hybridized carbons (Fsp3) is 0.316. The highest BCUT2D eigenvalue weighted by molar-refractivity contribution is 7.89. The Labute approximate surface area is 180 Å². The van der Waals surface area contributed by atoms with Crippen LogP contribution in [0.25, 0.3) is 0 Å². The molecule has 9 nitrogen and oxygen atoms in total. The monoisotopic (exact) mass is 469 g/mol. The van der Waals surface area contributed by atoms with Crippen LogP contribution in [-0.2, 0) is 34.5 Å². The molecule has 0 saturated heterocycles. The molecule has 0 saturated carbocycles. The molecule has 13 heteroatoms. The highest BCUT2D eigenvalue weighted by Gasteiger charge is 2.34. The lowest BCUT2D eigenvalue weighted by Gasteiger charge is -2.22. The van der Waals surface area contributed by atoms with Crippen molar-refractivity contribution < 1.29 is 31.5 Å². The third kappa shape index (κ3) is 4.25. The molecule has 1 amide bonds. The van der Waals surface area contributed by atoms with Crippen LogP contribution in [0.1, 0.15) is 22.7 Å². The Hall–Kier alpha value is -3.19. The van der Waals surface area contributed by atoms with E-state index in [1.54, 1.807) is 30.3 Å². The molecule has 1 atom stereocenters. The van der Waals surface area contributed by atoms with E-state index in [2.05, 4.69) is 10.2 Å². The van der Waals surface area contributed by atoms with Crippen molar-refractivity contribution in [2.75, 3.05) is 6.61 Å². The van der Waals surface area contributed by atoms with E-state index in [9.17, 15) is 31.5 Å². The van der Waals surface area contributed by atoms with Gasteiger partial charge in [0.25, 0.3) is 10.0 Å². The van der Waals surface area contributed by atoms with Gasteiger partial charge in [-0.25, -0.2) is 0 Å². The predicted octanol–water partition coefficient (Wildman–Crippen LogP) is 1.50. The van der Waals surface area contributed by atoms with E-state index in [0.717, 1.165) is 12.4 Å². The number of benzene rings is 1. The molecule has 0 fully saturated rings. The van der Waals surface area contributed by atoms with Crippen LogP contribution >= 0.6 is 0 Å². The summed E-state index contributed by atoms with van der Waals surface area (Å²) in [4.78, 5) is 13.9. The molecule has 3 aromatic rings. The number of hydrogen-bond donors (Lipinski definition) is 1. The first-order chi connectivity index (χ1) is 15.1. The first kappa shape index (κ1) is 22.0. The normalized spacial score (nSPS) is 15.1. The summed E-state index contributed by atoms with van der Waals surface area (Å²) in [7, 11) is -4.24. The van der Waals surface area contributed by atoms with Crippen molar-refractivity contribution in [3.63, 3.8) is 0 Å². The standard InChI is InChI=1S/C19H18F3N5O4S/c20-19(21,22)12-26-9-15(6-23-26)32(30,31)27-8-14-7-25(10-17(14)24-27)18(29)16(11-28)13-4-2-1-3-5-13/h1-6,8-9,16,28H,7,10-12H2/t16-/m1/s1. The lowest BCUT2D eigenvalue weighted by atomic mass is 9.98. The molecule has 2 aromatic heterocycles. The Bertz CT molecular complexity index is 1210. The lowest BCUT2D eigenvalue weighted by Crippen LogP contribution is -2.33. The summed E-state index contributed by atoms with van der Waals surface area (Å²) in [6, 6.07) is 8.79. The number of rotatable bonds is 6. The summed E-state index contributed by atoms with van der Waals surface area (Å²) in [5.41, 5.74) is 1.51. The Morgan fingerprint density at radius 2 is 1.88 bits per heavy atom. The van der Waals surface area contributed by atoms with Gasteiger partial charge in [-0.05, 0) is 5.56 Å². The van der Waals surface area contributed by atoms with Crippen LogP contribution in [0, 0.1) is 0 Å². The number of aliphatic hydroxyl groups excluding tert-OH is 1.